The monoisotopic (exact) mass is 312 g/mol. The van der Waals surface area contributed by atoms with Gasteiger partial charge in [-0.05, 0) is 0 Å². The molecule has 0 spiro atoms. The van der Waals surface area contributed by atoms with E-state index in [2.05, 4.69) is 4.98 Å². The Kier molecular flexibility index (Phi) is 3.89. The summed E-state index contributed by atoms with van der Waals surface area (Å²) >= 11 is 0. The van der Waals surface area contributed by atoms with E-state index in [1.165, 1.54) is 0 Å². The summed E-state index contributed by atoms with van der Waals surface area (Å²) in [6.45, 7) is -0.184. The summed E-state index contributed by atoms with van der Waals surface area (Å²) in [4.78, 5) is 15.9. The first-order valence-corrected chi connectivity index (χ1v) is 7.03. The summed E-state index contributed by atoms with van der Waals surface area (Å²) in [5.74, 6) is 0.750. The molecule has 0 bridgehead atoms. The number of benzene rings is 2. The van der Waals surface area contributed by atoms with Crippen LogP contribution in [0.15, 0.2) is 42.5 Å². The van der Waals surface area contributed by atoms with Crippen molar-refractivity contribution in [3.63, 3.8) is 0 Å². The standard InChI is InChI=1S/C17H16N2O4/c1-22-14-8-12-13(9-15(14)23-2)19(10-16(20)21)17(18-12)11-6-4-3-5-7-11/h3-9H,10H2,1-2H3,(H,20,21). The maximum atomic E-state index is 11.3. The minimum Gasteiger partial charge on any atom is -0.493 e. The molecule has 0 aliphatic carbocycles. The number of aromatic nitrogens is 2. The highest BCUT2D eigenvalue weighted by Crippen LogP contribution is 2.34. The van der Waals surface area contributed by atoms with Crippen molar-refractivity contribution in [3.05, 3.63) is 42.5 Å². The van der Waals surface area contributed by atoms with E-state index in [4.69, 9.17) is 9.47 Å². The Morgan fingerprint density at radius 3 is 2.39 bits per heavy atom. The van der Waals surface area contributed by atoms with E-state index < -0.39 is 5.97 Å². The van der Waals surface area contributed by atoms with E-state index in [1.807, 2.05) is 30.3 Å². The Bertz CT molecular complexity index is 856. The minimum absolute atomic E-state index is 0.184. The van der Waals surface area contributed by atoms with Crippen molar-refractivity contribution in [2.24, 2.45) is 0 Å². The van der Waals surface area contributed by atoms with Gasteiger partial charge in [0, 0.05) is 17.7 Å². The summed E-state index contributed by atoms with van der Waals surface area (Å²) in [6.07, 6.45) is 0. The quantitative estimate of drug-likeness (QED) is 0.784. The van der Waals surface area contributed by atoms with Crippen molar-refractivity contribution >= 4 is 17.0 Å². The van der Waals surface area contributed by atoms with Gasteiger partial charge in [-0.2, -0.15) is 0 Å². The van der Waals surface area contributed by atoms with E-state index in [9.17, 15) is 9.90 Å². The Hall–Kier alpha value is -3.02. The van der Waals surface area contributed by atoms with Gasteiger partial charge in [0.15, 0.2) is 11.5 Å². The highest BCUT2D eigenvalue weighted by Gasteiger charge is 2.17. The first kappa shape index (κ1) is 14.9. The second-order valence-electron chi connectivity index (χ2n) is 4.98. The second kappa shape index (κ2) is 6.00. The van der Waals surface area contributed by atoms with E-state index in [0.29, 0.717) is 28.4 Å². The average Bonchev–Trinajstić information content (AvgIpc) is 2.91. The number of hydrogen-bond acceptors (Lipinski definition) is 4. The lowest BCUT2D eigenvalue weighted by Crippen LogP contribution is -2.10. The smallest absolute Gasteiger partial charge is 0.323 e. The molecule has 1 heterocycles. The summed E-state index contributed by atoms with van der Waals surface area (Å²) < 4.78 is 12.3. The molecule has 0 saturated heterocycles. The number of hydrogen-bond donors (Lipinski definition) is 1. The Morgan fingerprint density at radius 1 is 1.13 bits per heavy atom. The number of carboxylic acids is 1. The molecule has 6 heteroatoms. The molecular weight excluding hydrogens is 296 g/mol. The fourth-order valence-corrected chi connectivity index (χ4v) is 2.55. The van der Waals surface area contributed by atoms with Crippen LogP contribution in [0.4, 0.5) is 0 Å². The molecule has 0 unspecified atom stereocenters. The Morgan fingerprint density at radius 2 is 1.78 bits per heavy atom. The van der Waals surface area contributed by atoms with Gasteiger partial charge in [-0.1, -0.05) is 30.3 Å². The van der Waals surface area contributed by atoms with Crippen LogP contribution in [0.3, 0.4) is 0 Å². The molecule has 0 fully saturated rings. The summed E-state index contributed by atoms with van der Waals surface area (Å²) in [6, 6.07) is 13.0. The molecule has 0 radical (unpaired) electrons. The van der Waals surface area contributed by atoms with Crippen LogP contribution in [0.2, 0.25) is 0 Å². The number of carbonyl (C=O) groups is 1. The lowest BCUT2D eigenvalue weighted by Gasteiger charge is -2.09. The topological polar surface area (TPSA) is 73.6 Å². The van der Waals surface area contributed by atoms with E-state index in [-0.39, 0.29) is 6.54 Å². The molecule has 0 amide bonds. The fourth-order valence-electron chi connectivity index (χ4n) is 2.55. The highest BCUT2D eigenvalue weighted by atomic mass is 16.5. The van der Waals surface area contributed by atoms with Crippen LogP contribution >= 0.6 is 0 Å². The number of nitrogens with zero attached hydrogens (tertiary/aromatic N) is 2. The largest absolute Gasteiger partial charge is 0.493 e. The molecule has 6 nitrogen and oxygen atoms in total. The first-order chi connectivity index (χ1) is 11.1. The second-order valence-corrected chi connectivity index (χ2v) is 4.98. The van der Waals surface area contributed by atoms with Crippen molar-refractivity contribution in [2.45, 2.75) is 6.54 Å². The molecule has 3 rings (SSSR count). The molecule has 3 aromatic rings. The van der Waals surface area contributed by atoms with Gasteiger partial charge in [0.1, 0.15) is 12.4 Å². The number of rotatable bonds is 5. The van der Waals surface area contributed by atoms with Crippen molar-refractivity contribution < 1.29 is 19.4 Å². The number of carboxylic acid groups (broad SMARTS) is 1. The SMILES string of the molecule is COc1cc2nc(-c3ccccc3)n(CC(=O)O)c2cc1OC. The maximum absolute atomic E-state index is 11.3. The molecule has 2 aromatic carbocycles. The van der Waals surface area contributed by atoms with Crippen LogP contribution in [0.25, 0.3) is 22.4 Å². The van der Waals surface area contributed by atoms with Crippen LogP contribution in [0, 0.1) is 0 Å². The van der Waals surface area contributed by atoms with E-state index in [0.717, 1.165) is 5.56 Å². The molecule has 0 aliphatic rings. The van der Waals surface area contributed by atoms with Crippen LogP contribution in [-0.2, 0) is 11.3 Å². The number of ether oxygens (including phenoxy) is 2. The third-order valence-corrected chi connectivity index (χ3v) is 3.58. The number of imidazole rings is 1. The number of aliphatic carboxylic acids is 1. The third kappa shape index (κ3) is 2.70. The van der Waals surface area contributed by atoms with E-state index in [1.54, 1.807) is 30.9 Å². The Labute approximate surface area is 132 Å². The fraction of sp³-hybridized carbons (Fsp3) is 0.176. The van der Waals surface area contributed by atoms with Gasteiger partial charge < -0.3 is 19.1 Å². The molecule has 0 atom stereocenters. The van der Waals surface area contributed by atoms with Crippen molar-refractivity contribution in [1.29, 1.82) is 0 Å². The molecule has 0 aliphatic heterocycles. The van der Waals surface area contributed by atoms with Crippen LogP contribution in [-0.4, -0.2) is 34.8 Å². The van der Waals surface area contributed by atoms with E-state index >= 15 is 0 Å². The summed E-state index contributed by atoms with van der Waals surface area (Å²) in [5, 5.41) is 9.24. The zero-order valence-electron chi connectivity index (χ0n) is 12.8. The molecule has 1 aromatic heterocycles. The minimum atomic E-state index is -0.934. The van der Waals surface area contributed by atoms with Gasteiger partial charge in [-0.25, -0.2) is 4.98 Å². The van der Waals surface area contributed by atoms with Gasteiger partial charge in [-0.3, -0.25) is 4.79 Å². The molecular formula is C17H16N2O4. The number of methoxy groups -OCH3 is 2. The van der Waals surface area contributed by atoms with Crippen molar-refractivity contribution in [3.8, 4) is 22.9 Å². The first-order valence-electron chi connectivity index (χ1n) is 7.03. The zero-order chi connectivity index (χ0) is 16.4. The van der Waals surface area contributed by atoms with Crippen molar-refractivity contribution in [2.75, 3.05) is 14.2 Å². The molecule has 0 saturated carbocycles. The van der Waals surface area contributed by atoms with Gasteiger partial charge >= 0.3 is 5.97 Å². The molecule has 118 valence electrons. The lowest BCUT2D eigenvalue weighted by molar-refractivity contribution is -0.137. The lowest BCUT2D eigenvalue weighted by atomic mass is 10.2. The molecule has 23 heavy (non-hydrogen) atoms. The predicted octanol–water partition coefficient (Wildman–Crippen LogP) is 2.81. The van der Waals surface area contributed by atoms with Gasteiger partial charge in [0.25, 0.3) is 0 Å². The predicted molar refractivity (Wildman–Crippen MR) is 85.9 cm³/mol. The zero-order valence-corrected chi connectivity index (χ0v) is 12.8. The number of fused-ring (bicyclic) bond motifs is 1. The van der Waals surface area contributed by atoms with Gasteiger partial charge in [-0.15, -0.1) is 0 Å². The van der Waals surface area contributed by atoms with Gasteiger partial charge in [0.05, 0.1) is 25.3 Å². The third-order valence-electron chi connectivity index (χ3n) is 3.58. The highest BCUT2D eigenvalue weighted by molar-refractivity contribution is 5.85. The maximum Gasteiger partial charge on any atom is 0.323 e. The van der Waals surface area contributed by atoms with Gasteiger partial charge in [0.2, 0.25) is 0 Å². The Balaban J connectivity index is 2.29. The van der Waals surface area contributed by atoms with Crippen LogP contribution in [0.5, 0.6) is 11.5 Å². The normalized spacial score (nSPS) is 10.7. The van der Waals surface area contributed by atoms with Crippen molar-refractivity contribution in [1.82, 2.24) is 9.55 Å². The summed E-state index contributed by atoms with van der Waals surface area (Å²) in [5.41, 5.74) is 2.19. The molecule has 1 N–H and O–H groups in total. The average molecular weight is 312 g/mol. The van der Waals surface area contributed by atoms with Crippen LogP contribution < -0.4 is 9.47 Å². The van der Waals surface area contributed by atoms with Crippen LogP contribution in [0.1, 0.15) is 0 Å². The summed E-state index contributed by atoms with van der Waals surface area (Å²) in [7, 11) is 3.09.